The van der Waals surface area contributed by atoms with Crippen LogP contribution in [0.2, 0.25) is 0 Å². The van der Waals surface area contributed by atoms with Gasteiger partial charge in [-0.1, -0.05) is 18.2 Å². The number of ether oxygens (including phenoxy) is 2. The SMILES string of the molecule is COc1ccccc1C(C(C)N)N(C)C1CCOC1. The summed E-state index contributed by atoms with van der Waals surface area (Å²) in [5, 5.41) is 0. The summed E-state index contributed by atoms with van der Waals surface area (Å²) in [6.45, 7) is 3.67. The Morgan fingerprint density at radius 2 is 2.16 bits per heavy atom. The lowest BCUT2D eigenvalue weighted by Gasteiger charge is -2.35. The maximum Gasteiger partial charge on any atom is 0.123 e. The van der Waals surface area contributed by atoms with E-state index in [1.165, 1.54) is 0 Å². The third-order valence-corrected chi connectivity index (χ3v) is 3.88. The van der Waals surface area contributed by atoms with Crippen molar-refractivity contribution < 1.29 is 9.47 Å². The van der Waals surface area contributed by atoms with Gasteiger partial charge >= 0.3 is 0 Å². The van der Waals surface area contributed by atoms with E-state index in [0.717, 1.165) is 30.9 Å². The molecule has 0 aromatic heterocycles. The van der Waals surface area contributed by atoms with Crippen LogP contribution in [0, 0.1) is 0 Å². The first-order valence-electron chi connectivity index (χ1n) is 6.83. The van der Waals surface area contributed by atoms with Gasteiger partial charge in [-0.3, -0.25) is 4.90 Å². The van der Waals surface area contributed by atoms with E-state index in [2.05, 4.69) is 18.0 Å². The van der Waals surface area contributed by atoms with E-state index in [0.29, 0.717) is 6.04 Å². The van der Waals surface area contributed by atoms with E-state index in [-0.39, 0.29) is 12.1 Å². The van der Waals surface area contributed by atoms with Crippen molar-refractivity contribution in [2.45, 2.75) is 31.5 Å². The van der Waals surface area contributed by atoms with Crippen LogP contribution in [-0.2, 0) is 4.74 Å². The van der Waals surface area contributed by atoms with E-state index >= 15 is 0 Å². The Kier molecular flexibility index (Phi) is 4.80. The molecule has 3 unspecified atom stereocenters. The predicted molar refractivity (Wildman–Crippen MR) is 76.4 cm³/mol. The van der Waals surface area contributed by atoms with Crippen LogP contribution in [0.3, 0.4) is 0 Å². The second kappa shape index (κ2) is 6.37. The molecule has 1 aliphatic heterocycles. The molecule has 0 saturated carbocycles. The van der Waals surface area contributed by atoms with Crippen LogP contribution in [-0.4, -0.2) is 44.4 Å². The molecular formula is C15H24N2O2. The van der Waals surface area contributed by atoms with Crippen molar-refractivity contribution in [1.82, 2.24) is 4.90 Å². The van der Waals surface area contributed by atoms with Crippen LogP contribution in [0.4, 0.5) is 0 Å². The van der Waals surface area contributed by atoms with Gasteiger partial charge in [0.05, 0.1) is 19.8 Å². The zero-order valence-electron chi connectivity index (χ0n) is 12.0. The number of benzene rings is 1. The fourth-order valence-electron chi connectivity index (χ4n) is 2.85. The Labute approximate surface area is 115 Å². The molecule has 106 valence electrons. The standard InChI is InChI=1S/C15H24N2O2/c1-11(16)15(17(2)12-8-9-19-10-12)13-6-4-5-7-14(13)18-3/h4-7,11-12,15H,8-10,16H2,1-3H3. The summed E-state index contributed by atoms with van der Waals surface area (Å²) in [4.78, 5) is 2.33. The van der Waals surface area contributed by atoms with Crippen molar-refractivity contribution >= 4 is 0 Å². The Morgan fingerprint density at radius 3 is 2.74 bits per heavy atom. The van der Waals surface area contributed by atoms with Crippen LogP contribution >= 0.6 is 0 Å². The summed E-state index contributed by atoms with van der Waals surface area (Å²) in [5.74, 6) is 0.899. The lowest BCUT2D eigenvalue weighted by atomic mass is 9.97. The fourth-order valence-corrected chi connectivity index (χ4v) is 2.85. The third-order valence-electron chi connectivity index (χ3n) is 3.88. The van der Waals surface area contributed by atoms with Gasteiger partial charge in [-0.15, -0.1) is 0 Å². The van der Waals surface area contributed by atoms with Crippen LogP contribution < -0.4 is 10.5 Å². The molecule has 19 heavy (non-hydrogen) atoms. The summed E-state index contributed by atoms with van der Waals surface area (Å²) < 4.78 is 11.0. The van der Waals surface area contributed by atoms with E-state index in [9.17, 15) is 0 Å². The second-order valence-electron chi connectivity index (χ2n) is 5.23. The summed E-state index contributed by atoms with van der Waals surface area (Å²) in [7, 11) is 3.83. The Balaban J connectivity index is 2.28. The number of hydrogen-bond acceptors (Lipinski definition) is 4. The summed E-state index contributed by atoms with van der Waals surface area (Å²) >= 11 is 0. The van der Waals surface area contributed by atoms with Crippen molar-refractivity contribution in [3.05, 3.63) is 29.8 Å². The number of hydrogen-bond donors (Lipinski definition) is 1. The minimum Gasteiger partial charge on any atom is -0.496 e. The lowest BCUT2D eigenvalue weighted by molar-refractivity contribution is 0.121. The highest BCUT2D eigenvalue weighted by molar-refractivity contribution is 5.36. The molecule has 0 aliphatic carbocycles. The fraction of sp³-hybridized carbons (Fsp3) is 0.600. The first-order valence-corrected chi connectivity index (χ1v) is 6.83. The maximum absolute atomic E-state index is 6.22. The highest BCUT2D eigenvalue weighted by Gasteiger charge is 2.31. The second-order valence-corrected chi connectivity index (χ2v) is 5.23. The molecule has 1 heterocycles. The first-order chi connectivity index (χ1) is 9.15. The number of rotatable bonds is 5. The topological polar surface area (TPSA) is 47.7 Å². The highest BCUT2D eigenvalue weighted by Crippen LogP contribution is 2.32. The molecule has 2 rings (SSSR count). The monoisotopic (exact) mass is 264 g/mol. The Morgan fingerprint density at radius 1 is 1.42 bits per heavy atom. The summed E-state index contributed by atoms with van der Waals surface area (Å²) in [5.41, 5.74) is 7.37. The van der Waals surface area contributed by atoms with Crippen molar-refractivity contribution in [3.8, 4) is 5.75 Å². The van der Waals surface area contributed by atoms with Crippen molar-refractivity contribution in [1.29, 1.82) is 0 Å². The van der Waals surface area contributed by atoms with Crippen LogP contribution in [0.5, 0.6) is 5.75 Å². The Hall–Kier alpha value is -1.10. The number of nitrogens with two attached hydrogens (primary N) is 1. The summed E-state index contributed by atoms with van der Waals surface area (Å²) in [6.07, 6.45) is 1.06. The van der Waals surface area contributed by atoms with Crippen LogP contribution in [0.1, 0.15) is 24.9 Å². The maximum atomic E-state index is 6.22. The molecule has 1 aromatic carbocycles. The van der Waals surface area contributed by atoms with Gasteiger partial charge in [0.25, 0.3) is 0 Å². The quantitative estimate of drug-likeness (QED) is 0.881. The summed E-state index contributed by atoms with van der Waals surface area (Å²) in [6, 6.07) is 8.71. The number of para-hydroxylation sites is 1. The van der Waals surface area contributed by atoms with E-state index in [1.54, 1.807) is 7.11 Å². The molecule has 1 aromatic rings. The zero-order chi connectivity index (χ0) is 13.8. The smallest absolute Gasteiger partial charge is 0.123 e. The minimum atomic E-state index is 0.0295. The Bertz CT molecular complexity index is 403. The molecule has 1 fully saturated rings. The van der Waals surface area contributed by atoms with Gasteiger partial charge in [-0.2, -0.15) is 0 Å². The number of methoxy groups -OCH3 is 1. The molecule has 1 aliphatic rings. The molecular weight excluding hydrogens is 240 g/mol. The largest absolute Gasteiger partial charge is 0.496 e. The predicted octanol–water partition coefficient (Wildman–Crippen LogP) is 1.80. The first kappa shape index (κ1) is 14.3. The van der Waals surface area contributed by atoms with E-state index in [1.807, 2.05) is 25.1 Å². The highest BCUT2D eigenvalue weighted by atomic mass is 16.5. The molecule has 0 radical (unpaired) electrons. The number of nitrogens with zero attached hydrogens (tertiary/aromatic N) is 1. The molecule has 2 N–H and O–H groups in total. The molecule has 0 spiro atoms. The average Bonchev–Trinajstić information content (AvgIpc) is 2.93. The van der Waals surface area contributed by atoms with E-state index in [4.69, 9.17) is 15.2 Å². The van der Waals surface area contributed by atoms with Crippen molar-refractivity contribution in [3.63, 3.8) is 0 Å². The van der Waals surface area contributed by atoms with Gasteiger partial charge in [-0.25, -0.2) is 0 Å². The molecule has 4 nitrogen and oxygen atoms in total. The normalized spacial score (nSPS) is 22.5. The molecule has 1 saturated heterocycles. The molecule has 0 bridgehead atoms. The van der Waals surface area contributed by atoms with Crippen LogP contribution in [0.15, 0.2) is 24.3 Å². The van der Waals surface area contributed by atoms with Crippen LogP contribution in [0.25, 0.3) is 0 Å². The van der Waals surface area contributed by atoms with Crippen molar-refractivity contribution in [2.24, 2.45) is 5.73 Å². The van der Waals surface area contributed by atoms with Gasteiger partial charge in [0.2, 0.25) is 0 Å². The zero-order valence-corrected chi connectivity index (χ0v) is 12.0. The van der Waals surface area contributed by atoms with Gasteiger partial charge in [-0.05, 0) is 26.5 Å². The van der Waals surface area contributed by atoms with Gasteiger partial charge in [0, 0.05) is 24.3 Å². The lowest BCUT2D eigenvalue weighted by Crippen LogP contribution is -2.43. The molecule has 4 heteroatoms. The third kappa shape index (κ3) is 3.08. The minimum absolute atomic E-state index is 0.0295. The van der Waals surface area contributed by atoms with Gasteiger partial charge < -0.3 is 15.2 Å². The van der Waals surface area contributed by atoms with Crippen molar-refractivity contribution in [2.75, 3.05) is 27.4 Å². The van der Waals surface area contributed by atoms with Gasteiger partial charge in [0.1, 0.15) is 5.75 Å². The molecule has 3 atom stereocenters. The number of likely N-dealkylation sites (N-methyl/N-ethyl adjacent to an activating group) is 1. The average molecular weight is 264 g/mol. The molecule has 0 amide bonds. The van der Waals surface area contributed by atoms with Gasteiger partial charge in [0.15, 0.2) is 0 Å². The van der Waals surface area contributed by atoms with E-state index < -0.39 is 0 Å².